The van der Waals surface area contributed by atoms with Gasteiger partial charge >= 0.3 is 5.97 Å². The number of allylic oxidation sites excluding steroid dienone is 1. The SMILES string of the molecule is COc1ccc2cc(-c3c(C4=C(CN(C)C)CCCC4)cccc3C(C)C(=O)O)ccc2c1. The van der Waals surface area contributed by atoms with Crippen LogP contribution in [-0.2, 0) is 4.79 Å². The lowest BCUT2D eigenvalue weighted by Crippen LogP contribution is -2.18. The van der Waals surface area contributed by atoms with Crippen LogP contribution in [0.5, 0.6) is 5.75 Å². The second kappa shape index (κ2) is 9.80. The van der Waals surface area contributed by atoms with Crippen LogP contribution in [-0.4, -0.2) is 43.7 Å². The molecule has 1 unspecified atom stereocenters. The van der Waals surface area contributed by atoms with Crippen molar-refractivity contribution >= 4 is 22.3 Å². The van der Waals surface area contributed by atoms with Crippen molar-refractivity contribution in [2.24, 2.45) is 0 Å². The second-order valence-electron chi connectivity index (χ2n) is 9.28. The van der Waals surface area contributed by atoms with Gasteiger partial charge in [-0.15, -0.1) is 0 Å². The Hall–Kier alpha value is -3.11. The standard InChI is InChI=1S/C29H33NO3/c1-19(29(31)32)25-10-7-11-27(26-9-6-5-8-23(26)18-30(2)3)28(25)22-13-12-21-17-24(33-4)15-14-20(21)16-22/h7,10-17,19H,5-6,8-9,18H2,1-4H3,(H,31,32). The van der Waals surface area contributed by atoms with Crippen LogP contribution in [0.1, 0.15) is 49.7 Å². The zero-order chi connectivity index (χ0) is 23.5. The fourth-order valence-corrected chi connectivity index (χ4v) is 4.99. The Morgan fingerprint density at radius 3 is 2.48 bits per heavy atom. The van der Waals surface area contributed by atoms with Crippen molar-refractivity contribution in [3.63, 3.8) is 0 Å². The van der Waals surface area contributed by atoms with Crippen LogP contribution in [0.3, 0.4) is 0 Å². The molecule has 0 spiro atoms. The van der Waals surface area contributed by atoms with Crippen LogP contribution in [0.15, 0.2) is 60.2 Å². The van der Waals surface area contributed by atoms with Gasteiger partial charge in [0.05, 0.1) is 13.0 Å². The molecule has 0 saturated carbocycles. The van der Waals surface area contributed by atoms with Gasteiger partial charge in [-0.05, 0) is 104 Å². The van der Waals surface area contributed by atoms with Gasteiger partial charge in [0.25, 0.3) is 0 Å². The molecule has 0 saturated heterocycles. The highest BCUT2D eigenvalue weighted by atomic mass is 16.5. The molecule has 1 atom stereocenters. The summed E-state index contributed by atoms with van der Waals surface area (Å²) in [5, 5.41) is 12.1. The lowest BCUT2D eigenvalue weighted by molar-refractivity contribution is -0.138. The van der Waals surface area contributed by atoms with E-state index in [-0.39, 0.29) is 0 Å². The molecule has 4 nitrogen and oxygen atoms in total. The van der Waals surface area contributed by atoms with Crippen LogP contribution in [0, 0.1) is 0 Å². The number of hydrogen-bond donors (Lipinski definition) is 1. The molecule has 4 heteroatoms. The number of aliphatic carboxylic acids is 1. The van der Waals surface area contributed by atoms with E-state index in [0.29, 0.717) is 0 Å². The summed E-state index contributed by atoms with van der Waals surface area (Å²) in [7, 11) is 5.90. The quantitative estimate of drug-likeness (QED) is 0.447. The van der Waals surface area contributed by atoms with Gasteiger partial charge in [0.2, 0.25) is 0 Å². The summed E-state index contributed by atoms with van der Waals surface area (Å²) in [5.74, 6) is -0.561. The third-order valence-corrected chi connectivity index (χ3v) is 6.68. The molecule has 1 N–H and O–H groups in total. The van der Waals surface area contributed by atoms with Crippen LogP contribution in [0.4, 0.5) is 0 Å². The Balaban J connectivity index is 1.96. The number of hydrogen-bond acceptors (Lipinski definition) is 3. The maximum absolute atomic E-state index is 12.0. The summed E-state index contributed by atoms with van der Waals surface area (Å²) in [6.07, 6.45) is 4.52. The monoisotopic (exact) mass is 443 g/mol. The van der Waals surface area contributed by atoms with Gasteiger partial charge in [-0.3, -0.25) is 4.79 Å². The van der Waals surface area contributed by atoms with E-state index in [2.05, 4.69) is 49.3 Å². The smallest absolute Gasteiger partial charge is 0.310 e. The third-order valence-electron chi connectivity index (χ3n) is 6.68. The van der Waals surface area contributed by atoms with Crippen molar-refractivity contribution in [1.29, 1.82) is 0 Å². The number of carboxylic acid groups (broad SMARTS) is 1. The van der Waals surface area contributed by atoms with Crippen molar-refractivity contribution < 1.29 is 14.6 Å². The lowest BCUT2D eigenvalue weighted by atomic mass is 9.80. The summed E-state index contributed by atoms with van der Waals surface area (Å²) in [6.45, 7) is 2.72. The zero-order valence-corrected chi connectivity index (χ0v) is 20.0. The van der Waals surface area contributed by atoms with Crippen molar-refractivity contribution in [2.45, 2.75) is 38.5 Å². The molecular formula is C29H33NO3. The summed E-state index contributed by atoms with van der Waals surface area (Å²) < 4.78 is 5.38. The molecule has 0 aromatic heterocycles. The predicted octanol–water partition coefficient (Wildman–Crippen LogP) is 6.59. The molecular weight excluding hydrogens is 410 g/mol. The summed E-state index contributed by atoms with van der Waals surface area (Å²) >= 11 is 0. The number of carboxylic acids is 1. The third kappa shape index (κ3) is 4.81. The highest BCUT2D eigenvalue weighted by Gasteiger charge is 2.24. The first kappa shape index (κ1) is 23.1. The van der Waals surface area contributed by atoms with E-state index in [9.17, 15) is 9.90 Å². The number of methoxy groups -OCH3 is 1. The van der Waals surface area contributed by atoms with Gasteiger partial charge in [0, 0.05) is 6.54 Å². The van der Waals surface area contributed by atoms with E-state index in [1.165, 1.54) is 29.6 Å². The van der Waals surface area contributed by atoms with E-state index in [0.717, 1.165) is 52.6 Å². The van der Waals surface area contributed by atoms with Gasteiger partial charge < -0.3 is 14.7 Å². The van der Waals surface area contributed by atoms with Crippen molar-refractivity contribution in [3.05, 3.63) is 71.3 Å². The molecule has 0 amide bonds. The Morgan fingerprint density at radius 1 is 1.03 bits per heavy atom. The number of benzene rings is 3. The van der Waals surface area contributed by atoms with E-state index in [4.69, 9.17) is 4.74 Å². The molecule has 0 bridgehead atoms. The first-order chi connectivity index (χ1) is 15.9. The number of likely N-dealkylation sites (N-methyl/N-ethyl adjacent to an activating group) is 1. The first-order valence-electron chi connectivity index (χ1n) is 11.7. The largest absolute Gasteiger partial charge is 0.497 e. The Kier molecular flexibility index (Phi) is 6.85. The molecule has 1 aliphatic carbocycles. The van der Waals surface area contributed by atoms with Crippen LogP contribution >= 0.6 is 0 Å². The summed E-state index contributed by atoms with van der Waals surface area (Å²) in [6, 6.07) is 18.7. The highest BCUT2D eigenvalue weighted by molar-refractivity contribution is 5.94. The molecule has 3 aromatic carbocycles. The number of carbonyl (C=O) groups is 1. The lowest BCUT2D eigenvalue weighted by Gasteiger charge is -2.27. The molecule has 4 rings (SSSR count). The minimum absolute atomic E-state index is 0.590. The normalized spacial score (nSPS) is 15.2. The Bertz CT molecular complexity index is 1210. The fourth-order valence-electron chi connectivity index (χ4n) is 4.99. The van der Waals surface area contributed by atoms with E-state index >= 15 is 0 Å². The van der Waals surface area contributed by atoms with Gasteiger partial charge in [-0.25, -0.2) is 0 Å². The first-order valence-corrected chi connectivity index (χ1v) is 11.7. The van der Waals surface area contributed by atoms with Crippen LogP contribution in [0.25, 0.3) is 27.5 Å². The maximum Gasteiger partial charge on any atom is 0.310 e. The molecule has 3 aromatic rings. The van der Waals surface area contributed by atoms with Gasteiger partial charge in [0.15, 0.2) is 0 Å². The van der Waals surface area contributed by atoms with Crippen molar-refractivity contribution in [1.82, 2.24) is 4.90 Å². The molecule has 172 valence electrons. The Labute approximate surface area is 196 Å². The minimum atomic E-state index is -0.801. The molecule has 0 fully saturated rings. The van der Waals surface area contributed by atoms with Crippen LogP contribution in [0.2, 0.25) is 0 Å². The average molecular weight is 444 g/mol. The number of fused-ring (bicyclic) bond motifs is 1. The fraction of sp³-hybridized carbons (Fsp3) is 0.345. The summed E-state index contributed by atoms with van der Waals surface area (Å²) in [4.78, 5) is 14.3. The van der Waals surface area contributed by atoms with Crippen LogP contribution < -0.4 is 4.74 Å². The highest BCUT2D eigenvalue weighted by Crippen LogP contribution is 2.42. The Morgan fingerprint density at radius 2 is 1.76 bits per heavy atom. The van der Waals surface area contributed by atoms with Crippen molar-refractivity contribution in [2.75, 3.05) is 27.7 Å². The summed E-state index contributed by atoms with van der Waals surface area (Å²) in [5.41, 5.74) is 7.03. The van der Waals surface area contributed by atoms with E-state index < -0.39 is 11.9 Å². The molecule has 0 radical (unpaired) electrons. The second-order valence-corrected chi connectivity index (χ2v) is 9.28. The minimum Gasteiger partial charge on any atom is -0.497 e. The zero-order valence-electron chi connectivity index (χ0n) is 20.0. The number of ether oxygens (including phenoxy) is 1. The number of rotatable bonds is 7. The topological polar surface area (TPSA) is 49.8 Å². The van der Waals surface area contributed by atoms with Crippen molar-refractivity contribution in [3.8, 4) is 16.9 Å². The number of nitrogens with zero attached hydrogens (tertiary/aromatic N) is 1. The molecule has 0 aliphatic heterocycles. The molecule has 0 heterocycles. The average Bonchev–Trinajstić information content (AvgIpc) is 2.82. The predicted molar refractivity (Wildman–Crippen MR) is 136 cm³/mol. The maximum atomic E-state index is 12.0. The molecule has 33 heavy (non-hydrogen) atoms. The van der Waals surface area contributed by atoms with Gasteiger partial charge in [-0.2, -0.15) is 0 Å². The van der Waals surface area contributed by atoms with Gasteiger partial charge in [-0.1, -0.05) is 42.0 Å². The molecule has 1 aliphatic rings. The van der Waals surface area contributed by atoms with E-state index in [1.807, 2.05) is 24.3 Å². The van der Waals surface area contributed by atoms with Gasteiger partial charge in [0.1, 0.15) is 5.75 Å². The van der Waals surface area contributed by atoms with E-state index in [1.54, 1.807) is 14.0 Å².